The number of halogens is 3. The van der Waals surface area contributed by atoms with Crippen molar-refractivity contribution in [1.29, 1.82) is 0 Å². The van der Waals surface area contributed by atoms with E-state index in [0.717, 1.165) is 17.0 Å². The van der Waals surface area contributed by atoms with E-state index in [1.54, 1.807) is 29.5 Å². The molecule has 24 heavy (non-hydrogen) atoms. The Balaban J connectivity index is 1.70. The Hall–Kier alpha value is -2.54. The monoisotopic (exact) mass is 351 g/mol. The summed E-state index contributed by atoms with van der Waals surface area (Å²) in [5, 5.41) is 1.94. The number of ether oxygens (including phenoxy) is 2. The summed E-state index contributed by atoms with van der Waals surface area (Å²) in [5.74, 6) is 0.568. The Bertz CT molecular complexity index is 804. The van der Waals surface area contributed by atoms with Gasteiger partial charge < -0.3 is 9.47 Å². The largest absolute Gasteiger partial charge is 0.472 e. The summed E-state index contributed by atoms with van der Waals surface area (Å²) >= 11 is 1.56. The van der Waals surface area contributed by atoms with Crippen molar-refractivity contribution in [3.05, 3.63) is 70.4 Å². The summed E-state index contributed by atoms with van der Waals surface area (Å²) in [4.78, 5) is 5.18. The molecule has 0 N–H and O–H groups in total. The van der Waals surface area contributed by atoms with Crippen LogP contribution in [0.15, 0.2) is 60.0 Å². The highest BCUT2D eigenvalue weighted by molar-refractivity contribution is 7.09. The molecule has 0 aliphatic heterocycles. The lowest BCUT2D eigenvalue weighted by molar-refractivity contribution is -0.137. The van der Waals surface area contributed by atoms with Crippen LogP contribution in [-0.4, -0.2) is 4.98 Å². The highest BCUT2D eigenvalue weighted by Crippen LogP contribution is 2.32. The third-order valence-electron chi connectivity index (χ3n) is 3.02. The lowest BCUT2D eigenvalue weighted by Gasteiger charge is -2.10. The molecule has 0 bridgehead atoms. The van der Waals surface area contributed by atoms with Gasteiger partial charge in [0.15, 0.2) is 0 Å². The number of alkyl halides is 3. The molecule has 0 spiro atoms. The predicted octanol–water partition coefficient (Wildman–Crippen LogP) is 5.53. The van der Waals surface area contributed by atoms with Crippen molar-refractivity contribution in [3.63, 3.8) is 0 Å². The molecular weight excluding hydrogens is 339 g/mol. The first-order valence-corrected chi connectivity index (χ1v) is 7.86. The maximum Gasteiger partial charge on any atom is 0.416 e. The molecule has 2 heterocycles. The van der Waals surface area contributed by atoms with Crippen LogP contribution < -0.4 is 9.47 Å². The minimum Gasteiger partial charge on any atom is -0.472 e. The molecule has 0 saturated carbocycles. The van der Waals surface area contributed by atoms with Gasteiger partial charge >= 0.3 is 6.18 Å². The number of rotatable bonds is 5. The maximum absolute atomic E-state index is 12.7. The molecular formula is C17H12F3NO2S. The Morgan fingerprint density at radius 3 is 2.50 bits per heavy atom. The van der Waals surface area contributed by atoms with Gasteiger partial charge in [0, 0.05) is 17.0 Å². The lowest BCUT2D eigenvalue weighted by atomic mass is 10.2. The fourth-order valence-corrected chi connectivity index (χ4v) is 2.55. The number of pyridine rings is 1. The summed E-state index contributed by atoms with van der Waals surface area (Å²) < 4.78 is 49.1. The SMILES string of the molecule is FC(F)(F)c1cccc(Oc2cccc(OCc3cccs3)n2)c1. The quantitative estimate of drug-likeness (QED) is 0.605. The van der Waals surface area contributed by atoms with Crippen LogP contribution in [0, 0.1) is 0 Å². The smallest absolute Gasteiger partial charge is 0.416 e. The summed E-state index contributed by atoms with van der Waals surface area (Å²) in [7, 11) is 0. The average molecular weight is 351 g/mol. The van der Waals surface area contributed by atoms with E-state index in [2.05, 4.69) is 4.98 Å². The molecule has 0 saturated heterocycles. The van der Waals surface area contributed by atoms with Gasteiger partial charge in [-0.25, -0.2) is 0 Å². The molecule has 0 unspecified atom stereocenters. The van der Waals surface area contributed by atoms with Gasteiger partial charge in [-0.1, -0.05) is 18.2 Å². The van der Waals surface area contributed by atoms with Crippen molar-refractivity contribution in [2.75, 3.05) is 0 Å². The number of hydrogen-bond donors (Lipinski definition) is 0. The first kappa shape index (κ1) is 16.3. The molecule has 1 aromatic carbocycles. The summed E-state index contributed by atoms with van der Waals surface area (Å²) in [6.45, 7) is 0.373. The van der Waals surface area contributed by atoms with Gasteiger partial charge in [-0.3, -0.25) is 0 Å². The molecule has 0 atom stereocenters. The third kappa shape index (κ3) is 4.26. The lowest BCUT2D eigenvalue weighted by Crippen LogP contribution is -2.04. The zero-order valence-electron chi connectivity index (χ0n) is 12.3. The topological polar surface area (TPSA) is 31.4 Å². The number of nitrogens with zero attached hydrogens (tertiary/aromatic N) is 1. The second kappa shape index (κ2) is 6.92. The molecule has 3 rings (SSSR count). The minimum absolute atomic E-state index is 0.0627. The van der Waals surface area contributed by atoms with Crippen molar-refractivity contribution in [1.82, 2.24) is 4.98 Å². The highest BCUT2D eigenvalue weighted by atomic mass is 32.1. The zero-order valence-corrected chi connectivity index (χ0v) is 13.1. The highest BCUT2D eigenvalue weighted by Gasteiger charge is 2.30. The van der Waals surface area contributed by atoms with Crippen LogP contribution in [0.3, 0.4) is 0 Å². The molecule has 0 aliphatic carbocycles. The van der Waals surface area contributed by atoms with Gasteiger partial charge in [0.2, 0.25) is 11.8 Å². The Labute approximate surface area is 140 Å². The molecule has 3 aromatic rings. The maximum atomic E-state index is 12.7. The van der Waals surface area contributed by atoms with Gasteiger partial charge in [0.1, 0.15) is 12.4 Å². The van der Waals surface area contributed by atoms with Crippen LogP contribution in [0.5, 0.6) is 17.5 Å². The van der Waals surface area contributed by atoms with Crippen LogP contribution in [0.2, 0.25) is 0 Å². The Morgan fingerprint density at radius 1 is 0.958 bits per heavy atom. The Morgan fingerprint density at radius 2 is 1.75 bits per heavy atom. The van der Waals surface area contributed by atoms with E-state index in [9.17, 15) is 13.2 Å². The molecule has 7 heteroatoms. The normalized spacial score (nSPS) is 11.3. The van der Waals surface area contributed by atoms with E-state index < -0.39 is 11.7 Å². The molecule has 0 aliphatic rings. The first-order chi connectivity index (χ1) is 11.5. The van der Waals surface area contributed by atoms with E-state index in [0.29, 0.717) is 12.5 Å². The molecule has 2 aromatic heterocycles. The predicted molar refractivity (Wildman–Crippen MR) is 84.4 cm³/mol. The summed E-state index contributed by atoms with van der Waals surface area (Å²) in [6, 6.07) is 13.4. The second-order valence-corrected chi connectivity index (χ2v) is 5.84. The van der Waals surface area contributed by atoms with E-state index in [-0.39, 0.29) is 11.6 Å². The molecule has 3 nitrogen and oxygen atoms in total. The van der Waals surface area contributed by atoms with Gasteiger partial charge in [-0.15, -0.1) is 11.3 Å². The average Bonchev–Trinajstić information content (AvgIpc) is 3.06. The standard InChI is InChI=1S/C17H12F3NO2S/c18-17(19,20)12-4-1-5-13(10-12)23-16-8-2-7-15(21-16)22-11-14-6-3-9-24-14/h1-10H,11H2. The van der Waals surface area contributed by atoms with Crippen molar-refractivity contribution in [3.8, 4) is 17.5 Å². The minimum atomic E-state index is -4.42. The summed E-state index contributed by atoms with van der Waals surface area (Å²) in [6.07, 6.45) is -4.42. The second-order valence-electron chi connectivity index (χ2n) is 4.81. The number of thiophene rings is 1. The van der Waals surface area contributed by atoms with Crippen molar-refractivity contribution in [2.45, 2.75) is 12.8 Å². The van der Waals surface area contributed by atoms with E-state index in [1.807, 2.05) is 17.5 Å². The first-order valence-electron chi connectivity index (χ1n) is 6.98. The van der Waals surface area contributed by atoms with Crippen molar-refractivity contribution < 1.29 is 22.6 Å². The number of hydrogen-bond acceptors (Lipinski definition) is 4. The van der Waals surface area contributed by atoms with Crippen molar-refractivity contribution >= 4 is 11.3 Å². The number of aromatic nitrogens is 1. The fourth-order valence-electron chi connectivity index (χ4n) is 1.93. The van der Waals surface area contributed by atoms with E-state index in [4.69, 9.17) is 9.47 Å². The van der Waals surface area contributed by atoms with E-state index >= 15 is 0 Å². The summed E-state index contributed by atoms with van der Waals surface area (Å²) in [5.41, 5.74) is -0.773. The van der Waals surface area contributed by atoms with Gasteiger partial charge in [0.25, 0.3) is 0 Å². The fraction of sp³-hybridized carbons (Fsp3) is 0.118. The zero-order chi connectivity index (χ0) is 17.0. The molecule has 0 radical (unpaired) electrons. The Kier molecular flexibility index (Phi) is 4.71. The molecule has 124 valence electrons. The van der Waals surface area contributed by atoms with Crippen molar-refractivity contribution in [2.24, 2.45) is 0 Å². The van der Waals surface area contributed by atoms with Gasteiger partial charge in [0.05, 0.1) is 5.56 Å². The van der Waals surface area contributed by atoms with Crippen LogP contribution in [0.25, 0.3) is 0 Å². The van der Waals surface area contributed by atoms with Crippen LogP contribution in [-0.2, 0) is 12.8 Å². The number of benzene rings is 1. The van der Waals surface area contributed by atoms with Crippen LogP contribution >= 0.6 is 11.3 Å². The van der Waals surface area contributed by atoms with Crippen LogP contribution in [0.4, 0.5) is 13.2 Å². The third-order valence-corrected chi connectivity index (χ3v) is 3.87. The molecule has 0 fully saturated rings. The van der Waals surface area contributed by atoms with Crippen LogP contribution in [0.1, 0.15) is 10.4 Å². The van der Waals surface area contributed by atoms with E-state index in [1.165, 1.54) is 12.1 Å². The molecule has 0 amide bonds. The van der Waals surface area contributed by atoms with Gasteiger partial charge in [-0.05, 0) is 29.6 Å². The van der Waals surface area contributed by atoms with Gasteiger partial charge in [-0.2, -0.15) is 18.2 Å².